The summed E-state index contributed by atoms with van der Waals surface area (Å²) in [6.45, 7) is 8.58. The number of nitrogens with one attached hydrogen (secondary N) is 2. The normalized spacial score (nSPS) is 12.5. The van der Waals surface area contributed by atoms with Crippen LogP contribution in [-0.4, -0.2) is 30.1 Å². The van der Waals surface area contributed by atoms with Crippen LogP contribution in [0, 0.1) is 0 Å². The lowest BCUT2D eigenvalue weighted by atomic mass is 9.88. The van der Waals surface area contributed by atoms with Crippen LogP contribution in [-0.2, 0) is 14.9 Å². The second-order valence-corrected chi connectivity index (χ2v) is 5.44. The fraction of sp³-hybridized carbons (Fsp3) is 0.615. The Hall–Kier alpha value is -1.29. The van der Waals surface area contributed by atoms with Gasteiger partial charge in [0, 0.05) is 23.9 Å². The third-order valence-corrected chi connectivity index (χ3v) is 3.00. The van der Waals surface area contributed by atoms with Gasteiger partial charge in [0.2, 0.25) is 0 Å². The van der Waals surface area contributed by atoms with E-state index in [-0.39, 0.29) is 11.4 Å². The van der Waals surface area contributed by atoms with E-state index in [9.17, 15) is 4.79 Å². The smallest absolute Gasteiger partial charge is 0.325 e. The molecule has 0 aromatic carbocycles. The summed E-state index contributed by atoms with van der Waals surface area (Å²) in [5, 5.41) is 3.24. The van der Waals surface area contributed by atoms with E-state index in [1.165, 1.54) is 7.11 Å². The third-order valence-electron chi connectivity index (χ3n) is 3.00. The number of H-pyrrole nitrogens is 1. The van der Waals surface area contributed by atoms with Crippen LogP contribution in [0.15, 0.2) is 18.3 Å². The molecule has 0 saturated carbocycles. The molecule has 0 aliphatic carbocycles. The first-order chi connectivity index (χ1) is 7.79. The SMILES string of the molecule is COC(=O)C(C)(C)NCC(C)(C)c1ccc[nH]1. The van der Waals surface area contributed by atoms with Crippen molar-refractivity contribution in [3.05, 3.63) is 24.0 Å². The van der Waals surface area contributed by atoms with Crippen molar-refractivity contribution in [3.63, 3.8) is 0 Å². The molecule has 0 unspecified atom stereocenters. The monoisotopic (exact) mass is 238 g/mol. The van der Waals surface area contributed by atoms with E-state index in [4.69, 9.17) is 4.74 Å². The highest BCUT2D eigenvalue weighted by Crippen LogP contribution is 2.21. The average molecular weight is 238 g/mol. The fourth-order valence-corrected chi connectivity index (χ4v) is 1.62. The van der Waals surface area contributed by atoms with Gasteiger partial charge in [-0.05, 0) is 26.0 Å². The number of hydrogen-bond acceptors (Lipinski definition) is 3. The first kappa shape index (κ1) is 13.8. The van der Waals surface area contributed by atoms with Gasteiger partial charge in [-0.3, -0.25) is 4.79 Å². The molecular formula is C13H22N2O2. The van der Waals surface area contributed by atoms with Gasteiger partial charge in [-0.2, -0.15) is 0 Å². The molecule has 1 heterocycles. The Labute approximate surface area is 103 Å². The summed E-state index contributed by atoms with van der Waals surface area (Å²) in [4.78, 5) is 14.7. The maximum atomic E-state index is 11.5. The predicted molar refractivity (Wildman–Crippen MR) is 67.9 cm³/mol. The molecule has 4 nitrogen and oxygen atoms in total. The number of esters is 1. The van der Waals surface area contributed by atoms with Crippen molar-refractivity contribution in [3.8, 4) is 0 Å². The predicted octanol–water partition coefficient (Wildman–Crippen LogP) is 1.83. The van der Waals surface area contributed by atoms with E-state index < -0.39 is 5.54 Å². The fourth-order valence-electron chi connectivity index (χ4n) is 1.62. The van der Waals surface area contributed by atoms with Crippen LogP contribution < -0.4 is 5.32 Å². The molecule has 1 aromatic rings. The minimum atomic E-state index is -0.668. The van der Waals surface area contributed by atoms with Crippen molar-refractivity contribution in [1.29, 1.82) is 0 Å². The van der Waals surface area contributed by atoms with Crippen LogP contribution >= 0.6 is 0 Å². The van der Waals surface area contributed by atoms with Gasteiger partial charge in [0.15, 0.2) is 0 Å². The summed E-state index contributed by atoms with van der Waals surface area (Å²) in [5.41, 5.74) is 0.415. The molecular weight excluding hydrogens is 216 g/mol. The zero-order valence-corrected chi connectivity index (χ0v) is 11.3. The van der Waals surface area contributed by atoms with E-state index in [2.05, 4.69) is 24.1 Å². The summed E-state index contributed by atoms with van der Waals surface area (Å²) in [6, 6.07) is 4.02. The molecule has 96 valence electrons. The summed E-state index contributed by atoms with van der Waals surface area (Å²) in [7, 11) is 1.40. The zero-order valence-electron chi connectivity index (χ0n) is 11.3. The number of carbonyl (C=O) groups excluding carboxylic acids is 1. The first-order valence-electron chi connectivity index (χ1n) is 5.77. The van der Waals surface area contributed by atoms with Crippen LogP contribution in [0.2, 0.25) is 0 Å². The summed E-state index contributed by atoms with van der Waals surface area (Å²) >= 11 is 0. The largest absolute Gasteiger partial charge is 0.468 e. The third kappa shape index (κ3) is 3.33. The van der Waals surface area contributed by atoms with Crippen molar-refractivity contribution in [2.75, 3.05) is 13.7 Å². The molecule has 0 radical (unpaired) electrons. The summed E-state index contributed by atoms with van der Waals surface area (Å²) < 4.78 is 4.76. The lowest BCUT2D eigenvalue weighted by molar-refractivity contribution is -0.147. The number of rotatable bonds is 5. The Kier molecular flexibility index (Phi) is 3.98. The molecule has 4 heteroatoms. The lowest BCUT2D eigenvalue weighted by Gasteiger charge is -2.30. The van der Waals surface area contributed by atoms with Gasteiger partial charge in [0.25, 0.3) is 0 Å². The lowest BCUT2D eigenvalue weighted by Crippen LogP contribution is -2.51. The van der Waals surface area contributed by atoms with Gasteiger partial charge in [0.05, 0.1) is 7.11 Å². The van der Waals surface area contributed by atoms with Crippen LogP contribution in [0.25, 0.3) is 0 Å². The second kappa shape index (κ2) is 4.92. The maximum absolute atomic E-state index is 11.5. The minimum absolute atomic E-state index is 0.0607. The van der Waals surface area contributed by atoms with E-state index in [1.54, 1.807) is 0 Å². The number of aromatic nitrogens is 1. The van der Waals surface area contributed by atoms with Crippen LogP contribution in [0.4, 0.5) is 0 Å². The van der Waals surface area contributed by atoms with E-state index in [1.807, 2.05) is 32.2 Å². The number of hydrogen-bond donors (Lipinski definition) is 2. The molecule has 0 atom stereocenters. The Balaban J connectivity index is 2.64. The Morgan fingerprint density at radius 1 is 1.41 bits per heavy atom. The maximum Gasteiger partial charge on any atom is 0.325 e. The number of aromatic amines is 1. The molecule has 0 aliphatic rings. The van der Waals surface area contributed by atoms with Crippen molar-refractivity contribution in [2.24, 2.45) is 0 Å². The highest BCUT2D eigenvalue weighted by molar-refractivity contribution is 5.79. The molecule has 0 spiro atoms. The highest BCUT2D eigenvalue weighted by atomic mass is 16.5. The molecule has 2 N–H and O–H groups in total. The van der Waals surface area contributed by atoms with E-state index in [0.29, 0.717) is 6.54 Å². The molecule has 1 rings (SSSR count). The molecule has 0 fully saturated rings. The zero-order chi connectivity index (χ0) is 13.1. The quantitative estimate of drug-likeness (QED) is 0.770. The topological polar surface area (TPSA) is 54.1 Å². The Bertz CT molecular complexity index is 367. The summed E-state index contributed by atoms with van der Waals surface area (Å²) in [5.74, 6) is -0.250. The van der Waals surface area contributed by atoms with Crippen molar-refractivity contribution in [1.82, 2.24) is 10.3 Å². The summed E-state index contributed by atoms with van der Waals surface area (Å²) in [6.07, 6.45) is 1.91. The molecule has 0 saturated heterocycles. The molecule has 0 bridgehead atoms. The standard InChI is InChI=1S/C13H22N2O2/c1-12(2,10-7-6-8-14-10)9-15-13(3,4)11(16)17-5/h6-8,14-15H,9H2,1-5H3. The Morgan fingerprint density at radius 3 is 2.53 bits per heavy atom. The number of methoxy groups -OCH3 is 1. The van der Waals surface area contributed by atoms with Crippen molar-refractivity contribution >= 4 is 5.97 Å². The average Bonchev–Trinajstić information content (AvgIpc) is 2.79. The highest BCUT2D eigenvalue weighted by Gasteiger charge is 2.31. The van der Waals surface area contributed by atoms with Crippen LogP contribution in [0.1, 0.15) is 33.4 Å². The molecule has 0 amide bonds. The van der Waals surface area contributed by atoms with Gasteiger partial charge < -0.3 is 15.0 Å². The van der Waals surface area contributed by atoms with Gasteiger partial charge in [-0.15, -0.1) is 0 Å². The Morgan fingerprint density at radius 2 is 2.06 bits per heavy atom. The molecule has 1 aromatic heterocycles. The van der Waals surface area contributed by atoms with Crippen LogP contribution in [0.5, 0.6) is 0 Å². The van der Waals surface area contributed by atoms with E-state index >= 15 is 0 Å². The molecule has 17 heavy (non-hydrogen) atoms. The van der Waals surface area contributed by atoms with Crippen LogP contribution in [0.3, 0.4) is 0 Å². The van der Waals surface area contributed by atoms with Crippen molar-refractivity contribution < 1.29 is 9.53 Å². The second-order valence-electron chi connectivity index (χ2n) is 5.44. The van der Waals surface area contributed by atoms with Gasteiger partial charge >= 0.3 is 5.97 Å². The van der Waals surface area contributed by atoms with Gasteiger partial charge in [0.1, 0.15) is 5.54 Å². The number of ether oxygens (including phenoxy) is 1. The van der Waals surface area contributed by atoms with Gasteiger partial charge in [-0.25, -0.2) is 0 Å². The van der Waals surface area contributed by atoms with Gasteiger partial charge in [-0.1, -0.05) is 13.8 Å². The first-order valence-corrected chi connectivity index (χ1v) is 5.77. The molecule has 0 aliphatic heterocycles. The van der Waals surface area contributed by atoms with E-state index in [0.717, 1.165) is 5.69 Å². The minimum Gasteiger partial charge on any atom is -0.468 e. The van der Waals surface area contributed by atoms with Crippen molar-refractivity contribution in [2.45, 2.75) is 38.6 Å². The number of carbonyl (C=O) groups is 1.